The molecular weight excluding hydrogens is 419 g/mol. The molecule has 6 heteroatoms. The fraction of sp³-hybridized carbons (Fsp3) is 0.706. The zero-order chi connectivity index (χ0) is 15.8. The molecule has 0 aromatic carbocycles. The zero-order valence-electron chi connectivity index (χ0n) is 14.6. The van der Waals surface area contributed by atoms with E-state index in [0.29, 0.717) is 0 Å². The van der Waals surface area contributed by atoms with Gasteiger partial charge in [-0.25, -0.2) is 0 Å². The number of guanidine groups is 1. The van der Waals surface area contributed by atoms with Crippen molar-refractivity contribution in [2.75, 3.05) is 39.8 Å². The molecule has 132 valence electrons. The minimum absolute atomic E-state index is 0. The molecule has 2 heterocycles. The van der Waals surface area contributed by atoms with Gasteiger partial charge in [0.25, 0.3) is 0 Å². The van der Waals surface area contributed by atoms with Crippen LogP contribution in [0, 0.1) is 0 Å². The van der Waals surface area contributed by atoms with Crippen LogP contribution >= 0.6 is 35.3 Å². The largest absolute Gasteiger partial charge is 0.356 e. The summed E-state index contributed by atoms with van der Waals surface area (Å²) in [5.41, 5.74) is 0.126. The summed E-state index contributed by atoms with van der Waals surface area (Å²) in [7, 11) is 1.84. The molecule has 1 aliphatic rings. The van der Waals surface area contributed by atoms with E-state index in [1.165, 1.54) is 43.8 Å². The molecule has 1 aromatic heterocycles. The Bertz CT molecular complexity index is 453. The van der Waals surface area contributed by atoms with Crippen molar-refractivity contribution in [2.24, 2.45) is 4.99 Å². The van der Waals surface area contributed by atoms with E-state index >= 15 is 0 Å². The van der Waals surface area contributed by atoms with E-state index < -0.39 is 0 Å². The smallest absolute Gasteiger partial charge is 0.191 e. The monoisotopic (exact) mass is 450 g/mol. The van der Waals surface area contributed by atoms with E-state index in [1.54, 1.807) is 0 Å². The second kappa shape index (κ2) is 10.5. The van der Waals surface area contributed by atoms with Gasteiger partial charge in [0, 0.05) is 30.4 Å². The van der Waals surface area contributed by atoms with Crippen LogP contribution in [0.25, 0.3) is 0 Å². The lowest BCUT2D eigenvalue weighted by Crippen LogP contribution is -2.43. The number of halogens is 1. The molecule has 1 aliphatic heterocycles. The summed E-state index contributed by atoms with van der Waals surface area (Å²) in [6, 6.07) is 4.33. The summed E-state index contributed by atoms with van der Waals surface area (Å²) >= 11 is 1.82. The number of hydrogen-bond donors (Lipinski definition) is 2. The maximum Gasteiger partial charge on any atom is 0.191 e. The summed E-state index contributed by atoms with van der Waals surface area (Å²) in [5.74, 6) is 0.908. The number of nitrogens with zero attached hydrogens (tertiary/aromatic N) is 2. The Labute approximate surface area is 162 Å². The molecule has 1 aromatic rings. The van der Waals surface area contributed by atoms with E-state index in [4.69, 9.17) is 0 Å². The minimum atomic E-state index is 0. The number of nitrogens with one attached hydrogen (secondary N) is 2. The fourth-order valence-corrected chi connectivity index (χ4v) is 3.64. The SMILES string of the molecule is CN=C(NCCCN1CCCC1)NCC(C)(C)c1cccs1.I. The Morgan fingerprint density at radius 2 is 2.04 bits per heavy atom. The van der Waals surface area contributed by atoms with Crippen LogP contribution in [0.2, 0.25) is 0 Å². The van der Waals surface area contributed by atoms with E-state index in [0.717, 1.165) is 19.0 Å². The lowest BCUT2D eigenvalue weighted by molar-refractivity contribution is 0.334. The molecule has 0 atom stereocenters. The van der Waals surface area contributed by atoms with Crippen molar-refractivity contribution in [1.29, 1.82) is 0 Å². The number of likely N-dealkylation sites (tertiary alicyclic amines) is 1. The van der Waals surface area contributed by atoms with Crippen LogP contribution in [0.4, 0.5) is 0 Å². The highest BCUT2D eigenvalue weighted by Gasteiger charge is 2.21. The van der Waals surface area contributed by atoms with Gasteiger partial charge in [0.15, 0.2) is 5.96 Å². The molecule has 1 saturated heterocycles. The lowest BCUT2D eigenvalue weighted by atomic mass is 9.91. The summed E-state index contributed by atoms with van der Waals surface area (Å²) in [6.45, 7) is 10.2. The average molecular weight is 450 g/mol. The van der Waals surface area contributed by atoms with Crippen molar-refractivity contribution >= 4 is 41.3 Å². The van der Waals surface area contributed by atoms with Crippen molar-refractivity contribution in [3.63, 3.8) is 0 Å². The number of rotatable bonds is 7. The first kappa shape index (κ1) is 20.7. The van der Waals surface area contributed by atoms with Gasteiger partial charge in [0.05, 0.1) is 0 Å². The fourth-order valence-electron chi connectivity index (χ4n) is 2.79. The molecule has 0 aliphatic carbocycles. The highest BCUT2D eigenvalue weighted by atomic mass is 127. The molecule has 0 spiro atoms. The van der Waals surface area contributed by atoms with Gasteiger partial charge in [-0.2, -0.15) is 0 Å². The van der Waals surface area contributed by atoms with E-state index in [1.807, 2.05) is 18.4 Å². The van der Waals surface area contributed by atoms with Crippen LogP contribution in [0.5, 0.6) is 0 Å². The minimum Gasteiger partial charge on any atom is -0.356 e. The van der Waals surface area contributed by atoms with Crippen LogP contribution in [-0.4, -0.2) is 50.6 Å². The maximum atomic E-state index is 4.33. The first-order valence-electron chi connectivity index (χ1n) is 8.33. The van der Waals surface area contributed by atoms with Crippen molar-refractivity contribution in [1.82, 2.24) is 15.5 Å². The van der Waals surface area contributed by atoms with Crippen LogP contribution < -0.4 is 10.6 Å². The van der Waals surface area contributed by atoms with E-state index in [2.05, 4.69) is 51.9 Å². The highest BCUT2D eigenvalue weighted by Crippen LogP contribution is 2.26. The number of aliphatic imine (C=N–C) groups is 1. The average Bonchev–Trinajstić information content (AvgIpc) is 3.20. The molecule has 2 N–H and O–H groups in total. The molecular formula is C17H31IN4S. The quantitative estimate of drug-likeness (QED) is 0.290. The maximum absolute atomic E-state index is 4.33. The Morgan fingerprint density at radius 1 is 1.30 bits per heavy atom. The molecule has 23 heavy (non-hydrogen) atoms. The van der Waals surface area contributed by atoms with Crippen LogP contribution in [0.1, 0.15) is 38.0 Å². The Kier molecular flexibility index (Phi) is 9.46. The summed E-state index contributed by atoms with van der Waals surface area (Å²) in [5, 5.41) is 9.03. The van der Waals surface area contributed by atoms with Crippen molar-refractivity contribution < 1.29 is 0 Å². The van der Waals surface area contributed by atoms with Gasteiger partial charge in [0.2, 0.25) is 0 Å². The standard InChI is InChI=1S/C17H30N4S.HI/c1-17(2,15-8-6-13-22-15)14-20-16(18-3)19-9-7-12-21-10-4-5-11-21;/h6,8,13H,4-5,7,9-12,14H2,1-3H3,(H2,18,19,20);1H. The van der Waals surface area contributed by atoms with Gasteiger partial charge in [-0.05, 0) is 50.3 Å². The molecule has 1 fully saturated rings. The Morgan fingerprint density at radius 3 is 2.65 bits per heavy atom. The predicted octanol–water partition coefficient (Wildman–Crippen LogP) is 3.29. The summed E-state index contributed by atoms with van der Waals surface area (Å²) in [6.07, 6.45) is 3.91. The van der Waals surface area contributed by atoms with E-state index in [9.17, 15) is 0 Å². The second-order valence-electron chi connectivity index (χ2n) is 6.62. The third kappa shape index (κ3) is 6.97. The zero-order valence-corrected chi connectivity index (χ0v) is 17.7. The Balaban J connectivity index is 0.00000264. The molecule has 0 unspecified atom stereocenters. The normalized spacial score (nSPS) is 16.2. The van der Waals surface area contributed by atoms with Crippen LogP contribution in [0.15, 0.2) is 22.5 Å². The van der Waals surface area contributed by atoms with Gasteiger partial charge in [0.1, 0.15) is 0 Å². The molecule has 0 bridgehead atoms. The van der Waals surface area contributed by atoms with Gasteiger partial charge in [-0.3, -0.25) is 4.99 Å². The highest BCUT2D eigenvalue weighted by molar-refractivity contribution is 14.0. The Hall–Kier alpha value is -0.340. The van der Waals surface area contributed by atoms with Gasteiger partial charge < -0.3 is 15.5 Å². The van der Waals surface area contributed by atoms with Crippen molar-refractivity contribution in [2.45, 2.75) is 38.5 Å². The van der Waals surface area contributed by atoms with Gasteiger partial charge in [-0.1, -0.05) is 19.9 Å². The van der Waals surface area contributed by atoms with Crippen LogP contribution in [0.3, 0.4) is 0 Å². The summed E-state index contributed by atoms with van der Waals surface area (Å²) in [4.78, 5) is 8.29. The molecule has 4 nitrogen and oxygen atoms in total. The first-order chi connectivity index (χ1) is 10.6. The second-order valence-corrected chi connectivity index (χ2v) is 7.56. The van der Waals surface area contributed by atoms with Crippen molar-refractivity contribution in [3.8, 4) is 0 Å². The summed E-state index contributed by atoms with van der Waals surface area (Å²) < 4.78 is 0. The molecule has 0 amide bonds. The topological polar surface area (TPSA) is 39.7 Å². The van der Waals surface area contributed by atoms with Crippen molar-refractivity contribution in [3.05, 3.63) is 22.4 Å². The molecule has 2 rings (SSSR count). The van der Waals surface area contributed by atoms with Gasteiger partial charge >= 0.3 is 0 Å². The first-order valence-corrected chi connectivity index (χ1v) is 9.20. The molecule has 0 saturated carbocycles. The predicted molar refractivity (Wildman–Crippen MR) is 112 cm³/mol. The third-order valence-electron chi connectivity index (χ3n) is 4.25. The third-order valence-corrected chi connectivity index (χ3v) is 5.49. The van der Waals surface area contributed by atoms with E-state index in [-0.39, 0.29) is 29.4 Å². The number of hydrogen-bond acceptors (Lipinski definition) is 3. The number of thiophene rings is 1. The molecule has 0 radical (unpaired) electrons. The van der Waals surface area contributed by atoms with Crippen LogP contribution in [-0.2, 0) is 5.41 Å². The van der Waals surface area contributed by atoms with Gasteiger partial charge in [-0.15, -0.1) is 35.3 Å². The lowest BCUT2D eigenvalue weighted by Gasteiger charge is -2.25.